The van der Waals surface area contributed by atoms with Gasteiger partial charge in [-0.3, -0.25) is 4.98 Å². The van der Waals surface area contributed by atoms with Crippen molar-refractivity contribution in [1.29, 1.82) is 0 Å². The molecule has 11 heavy (non-hydrogen) atoms. The first-order valence-corrected chi connectivity index (χ1v) is 3.56. The first-order chi connectivity index (χ1) is 5.26. The Labute approximate surface area is 66.8 Å². The zero-order valence-electron chi connectivity index (χ0n) is 6.67. The van der Waals surface area contributed by atoms with Crippen LogP contribution in [0.1, 0.15) is 17.0 Å². The minimum atomic E-state index is 0.489. The molecule has 0 aliphatic heterocycles. The number of nitrogens with two attached hydrogens (primary N) is 1. The van der Waals surface area contributed by atoms with E-state index in [4.69, 9.17) is 5.73 Å². The van der Waals surface area contributed by atoms with Gasteiger partial charge in [0.05, 0.1) is 5.69 Å². The average molecular weight is 148 g/mol. The van der Waals surface area contributed by atoms with E-state index in [0.29, 0.717) is 6.54 Å². The first kappa shape index (κ1) is 7.95. The van der Waals surface area contributed by atoms with Gasteiger partial charge >= 0.3 is 0 Å². The Morgan fingerprint density at radius 3 is 2.91 bits per heavy atom. The van der Waals surface area contributed by atoms with Crippen molar-refractivity contribution in [2.45, 2.75) is 13.5 Å². The van der Waals surface area contributed by atoms with Gasteiger partial charge in [0.1, 0.15) is 0 Å². The lowest BCUT2D eigenvalue weighted by Crippen LogP contribution is -2.00. The molecule has 1 aromatic heterocycles. The average Bonchev–Trinajstić information content (AvgIpc) is 2.03. The maximum Gasteiger partial charge on any atom is 0.0548 e. The summed E-state index contributed by atoms with van der Waals surface area (Å²) in [6, 6.07) is 3.92. The Morgan fingerprint density at radius 1 is 1.64 bits per heavy atom. The minimum Gasteiger partial charge on any atom is -0.325 e. The summed E-state index contributed by atoms with van der Waals surface area (Å²) in [4.78, 5) is 4.23. The summed E-state index contributed by atoms with van der Waals surface area (Å²) in [6.07, 6.45) is 1.80. The van der Waals surface area contributed by atoms with Gasteiger partial charge in [0.2, 0.25) is 0 Å². The molecule has 1 aromatic rings. The highest BCUT2D eigenvalue weighted by Gasteiger charge is 1.94. The first-order valence-electron chi connectivity index (χ1n) is 3.56. The molecule has 0 aliphatic rings. The summed E-state index contributed by atoms with van der Waals surface area (Å²) in [5, 5.41) is 0. The van der Waals surface area contributed by atoms with Crippen molar-refractivity contribution in [1.82, 2.24) is 4.98 Å². The van der Waals surface area contributed by atoms with Crippen LogP contribution >= 0.6 is 0 Å². The van der Waals surface area contributed by atoms with E-state index in [-0.39, 0.29) is 0 Å². The van der Waals surface area contributed by atoms with Gasteiger partial charge in [-0.25, -0.2) is 0 Å². The van der Waals surface area contributed by atoms with E-state index in [9.17, 15) is 0 Å². The second-order valence-electron chi connectivity index (χ2n) is 2.44. The number of rotatable bonds is 2. The molecule has 0 radical (unpaired) electrons. The molecule has 0 aliphatic carbocycles. The number of aryl methyl sites for hydroxylation is 1. The Bertz CT molecular complexity index is 266. The predicted molar refractivity (Wildman–Crippen MR) is 47.0 cm³/mol. The fourth-order valence-corrected chi connectivity index (χ4v) is 0.989. The summed E-state index contributed by atoms with van der Waals surface area (Å²) in [5.41, 5.74) is 8.43. The Morgan fingerprint density at radius 2 is 2.36 bits per heavy atom. The molecular weight excluding hydrogens is 136 g/mol. The smallest absolute Gasteiger partial charge is 0.0548 e. The van der Waals surface area contributed by atoms with E-state index in [1.165, 1.54) is 0 Å². The maximum atomic E-state index is 5.45. The molecule has 1 heterocycles. The van der Waals surface area contributed by atoms with Gasteiger partial charge < -0.3 is 5.73 Å². The normalized spacial score (nSPS) is 9.64. The second-order valence-corrected chi connectivity index (χ2v) is 2.44. The molecule has 0 bridgehead atoms. The van der Waals surface area contributed by atoms with Gasteiger partial charge in [0.25, 0.3) is 0 Å². The summed E-state index contributed by atoms with van der Waals surface area (Å²) < 4.78 is 0. The van der Waals surface area contributed by atoms with E-state index in [0.717, 1.165) is 17.0 Å². The highest BCUT2D eigenvalue weighted by atomic mass is 14.7. The highest BCUT2D eigenvalue weighted by molar-refractivity contribution is 5.47. The Balaban J connectivity index is 3.11. The standard InChI is InChI=1S/C9H12N2/c1-3-8-4-7(2)11-9(5-8)6-10/h3-5H,1,6,10H2,2H3. The van der Waals surface area contributed by atoms with Crippen LogP contribution in [-0.4, -0.2) is 4.98 Å². The van der Waals surface area contributed by atoms with E-state index in [1.807, 2.05) is 19.1 Å². The Hall–Kier alpha value is -1.15. The molecule has 0 atom stereocenters. The van der Waals surface area contributed by atoms with Crippen LogP contribution in [-0.2, 0) is 6.54 Å². The quantitative estimate of drug-likeness (QED) is 0.690. The molecule has 1 rings (SSSR count). The molecule has 0 amide bonds. The third-order valence-electron chi connectivity index (χ3n) is 1.47. The second kappa shape index (κ2) is 3.30. The number of aromatic nitrogens is 1. The molecule has 0 unspecified atom stereocenters. The highest BCUT2D eigenvalue weighted by Crippen LogP contribution is 2.05. The third-order valence-corrected chi connectivity index (χ3v) is 1.47. The maximum absolute atomic E-state index is 5.45. The van der Waals surface area contributed by atoms with Gasteiger partial charge in [0.15, 0.2) is 0 Å². The lowest BCUT2D eigenvalue weighted by molar-refractivity contribution is 0.968. The van der Waals surface area contributed by atoms with Crippen LogP contribution in [0.4, 0.5) is 0 Å². The van der Waals surface area contributed by atoms with Crippen LogP contribution < -0.4 is 5.73 Å². The van der Waals surface area contributed by atoms with Crippen molar-refractivity contribution in [2.24, 2.45) is 5.73 Å². The van der Waals surface area contributed by atoms with Crippen LogP contribution in [0.2, 0.25) is 0 Å². The van der Waals surface area contributed by atoms with Gasteiger partial charge in [-0.2, -0.15) is 0 Å². The summed E-state index contributed by atoms with van der Waals surface area (Å²) in [6.45, 7) is 6.12. The minimum absolute atomic E-state index is 0.489. The molecule has 0 fully saturated rings. The van der Waals surface area contributed by atoms with Gasteiger partial charge in [-0.05, 0) is 24.6 Å². The lowest BCUT2D eigenvalue weighted by Gasteiger charge is -2.00. The van der Waals surface area contributed by atoms with Gasteiger partial charge in [0, 0.05) is 12.2 Å². The van der Waals surface area contributed by atoms with Crippen LogP contribution in [0, 0.1) is 6.92 Å². The van der Waals surface area contributed by atoms with Gasteiger partial charge in [-0.1, -0.05) is 12.7 Å². The van der Waals surface area contributed by atoms with E-state index >= 15 is 0 Å². The van der Waals surface area contributed by atoms with E-state index in [2.05, 4.69) is 11.6 Å². The fraction of sp³-hybridized carbons (Fsp3) is 0.222. The van der Waals surface area contributed by atoms with Crippen LogP contribution in [0.25, 0.3) is 6.08 Å². The van der Waals surface area contributed by atoms with Crippen molar-refractivity contribution < 1.29 is 0 Å². The number of nitrogens with zero attached hydrogens (tertiary/aromatic N) is 1. The van der Waals surface area contributed by atoms with Crippen molar-refractivity contribution in [2.75, 3.05) is 0 Å². The third kappa shape index (κ3) is 1.88. The van der Waals surface area contributed by atoms with Crippen molar-refractivity contribution >= 4 is 6.08 Å². The largest absolute Gasteiger partial charge is 0.325 e. The topological polar surface area (TPSA) is 38.9 Å². The molecule has 58 valence electrons. The zero-order valence-corrected chi connectivity index (χ0v) is 6.67. The summed E-state index contributed by atoms with van der Waals surface area (Å²) >= 11 is 0. The molecule has 0 saturated heterocycles. The molecule has 2 N–H and O–H groups in total. The molecule has 2 nitrogen and oxygen atoms in total. The van der Waals surface area contributed by atoms with Crippen LogP contribution in [0.5, 0.6) is 0 Å². The lowest BCUT2D eigenvalue weighted by atomic mass is 10.2. The van der Waals surface area contributed by atoms with Crippen molar-refractivity contribution in [3.8, 4) is 0 Å². The van der Waals surface area contributed by atoms with Crippen molar-refractivity contribution in [3.05, 3.63) is 35.7 Å². The number of hydrogen-bond donors (Lipinski definition) is 1. The summed E-state index contributed by atoms with van der Waals surface area (Å²) in [7, 11) is 0. The SMILES string of the molecule is C=Cc1cc(C)nc(CN)c1. The number of pyridine rings is 1. The van der Waals surface area contributed by atoms with E-state index < -0.39 is 0 Å². The van der Waals surface area contributed by atoms with Gasteiger partial charge in [-0.15, -0.1) is 0 Å². The molecule has 0 spiro atoms. The summed E-state index contributed by atoms with van der Waals surface area (Å²) in [5.74, 6) is 0. The van der Waals surface area contributed by atoms with Crippen LogP contribution in [0.15, 0.2) is 18.7 Å². The monoisotopic (exact) mass is 148 g/mol. The molecule has 0 saturated carbocycles. The fourth-order valence-electron chi connectivity index (χ4n) is 0.989. The number of hydrogen-bond acceptors (Lipinski definition) is 2. The molecular formula is C9H12N2. The van der Waals surface area contributed by atoms with Crippen molar-refractivity contribution in [3.63, 3.8) is 0 Å². The molecule has 2 heteroatoms. The zero-order chi connectivity index (χ0) is 8.27. The predicted octanol–water partition coefficient (Wildman–Crippen LogP) is 1.49. The Kier molecular flexibility index (Phi) is 2.39. The van der Waals surface area contributed by atoms with Crippen LogP contribution in [0.3, 0.4) is 0 Å². The molecule has 0 aromatic carbocycles. The van der Waals surface area contributed by atoms with E-state index in [1.54, 1.807) is 6.08 Å².